The van der Waals surface area contributed by atoms with Gasteiger partial charge in [0.25, 0.3) is 5.91 Å². The van der Waals surface area contributed by atoms with Gasteiger partial charge in [-0.05, 0) is 45.6 Å². The predicted octanol–water partition coefficient (Wildman–Crippen LogP) is 3.79. The van der Waals surface area contributed by atoms with Crippen molar-refractivity contribution < 1.29 is 9.18 Å². The van der Waals surface area contributed by atoms with Crippen molar-refractivity contribution in [3.63, 3.8) is 0 Å². The zero-order chi connectivity index (χ0) is 19.6. The largest absolute Gasteiger partial charge is 0.331 e. The average molecular weight is 387 g/mol. The van der Waals surface area contributed by atoms with Crippen LogP contribution < -0.4 is 4.90 Å². The maximum Gasteiger partial charge on any atom is 0.279 e. The number of hydrogen-bond donors (Lipinski definition) is 1. The van der Waals surface area contributed by atoms with E-state index >= 15 is 0 Å². The summed E-state index contributed by atoms with van der Waals surface area (Å²) < 4.78 is 13.4. The van der Waals surface area contributed by atoms with Gasteiger partial charge in [0, 0.05) is 12.6 Å². The summed E-state index contributed by atoms with van der Waals surface area (Å²) in [5.74, 6) is 0.0861. The number of H-pyrrole nitrogens is 1. The smallest absolute Gasteiger partial charge is 0.279 e. The van der Waals surface area contributed by atoms with E-state index in [0.29, 0.717) is 18.1 Å². The van der Waals surface area contributed by atoms with Crippen LogP contribution in [0.15, 0.2) is 36.8 Å². The molecular weight excluding hydrogens is 365 g/mol. The molecule has 2 aromatic heterocycles. The van der Waals surface area contributed by atoms with E-state index in [0.717, 1.165) is 15.4 Å². The van der Waals surface area contributed by atoms with Gasteiger partial charge in [0.2, 0.25) is 0 Å². The predicted molar refractivity (Wildman–Crippen MR) is 105 cm³/mol. The quantitative estimate of drug-likeness (QED) is 0.699. The highest BCUT2D eigenvalue weighted by Crippen LogP contribution is 2.33. The molecule has 0 fully saturated rings. The molecule has 27 heavy (non-hydrogen) atoms. The summed E-state index contributed by atoms with van der Waals surface area (Å²) in [5, 5.41) is 0.830. The van der Waals surface area contributed by atoms with Gasteiger partial charge in [-0.1, -0.05) is 12.1 Å². The lowest BCUT2D eigenvalue weighted by Crippen LogP contribution is -2.37. The van der Waals surface area contributed by atoms with Crippen LogP contribution in [-0.4, -0.2) is 45.9 Å². The van der Waals surface area contributed by atoms with Crippen LogP contribution in [0, 0.1) is 5.82 Å². The molecule has 0 aliphatic carbocycles. The Bertz CT molecular complexity index is 903. The molecule has 0 saturated heterocycles. The van der Waals surface area contributed by atoms with Crippen LogP contribution in [0.1, 0.15) is 29.3 Å². The van der Waals surface area contributed by atoms with E-state index in [2.05, 4.69) is 15.0 Å². The monoisotopic (exact) mass is 387 g/mol. The number of nitrogens with one attached hydrogen (secondary N) is 1. The van der Waals surface area contributed by atoms with Crippen molar-refractivity contribution in [1.82, 2.24) is 19.9 Å². The lowest BCUT2D eigenvalue weighted by Gasteiger charge is -2.24. The molecule has 0 bridgehead atoms. The minimum atomic E-state index is -0.314. The third-order valence-electron chi connectivity index (χ3n) is 3.91. The van der Waals surface area contributed by atoms with Gasteiger partial charge in [-0.2, -0.15) is 0 Å². The van der Waals surface area contributed by atoms with Crippen LogP contribution in [-0.2, 0) is 6.54 Å². The lowest BCUT2D eigenvalue weighted by atomic mass is 10.1. The van der Waals surface area contributed by atoms with Gasteiger partial charge in [0.1, 0.15) is 22.3 Å². The fourth-order valence-corrected chi connectivity index (χ4v) is 3.94. The topological polar surface area (TPSA) is 65.1 Å². The van der Waals surface area contributed by atoms with Crippen molar-refractivity contribution in [2.75, 3.05) is 19.0 Å². The molecule has 1 aromatic carbocycles. The number of hydrogen-bond acceptors (Lipinski definition) is 5. The molecule has 0 spiro atoms. The molecule has 0 aliphatic rings. The fourth-order valence-electron chi connectivity index (χ4n) is 2.76. The second kappa shape index (κ2) is 7.98. The third-order valence-corrected chi connectivity index (χ3v) is 5.00. The normalized spacial score (nSPS) is 11.4. The molecule has 0 aliphatic heterocycles. The highest BCUT2D eigenvalue weighted by Gasteiger charge is 2.28. The van der Waals surface area contributed by atoms with E-state index in [4.69, 9.17) is 0 Å². The number of carbonyl (C=O) groups excluding carboxylic acids is 1. The Morgan fingerprint density at radius 2 is 1.96 bits per heavy atom. The maximum atomic E-state index is 13.4. The first-order chi connectivity index (χ1) is 12.9. The second-order valence-corrected chi connectivity index (χ2v) is 7.82. The van der Waals surface area contributed by atoms with Gasteiger partial charge < -0.3 is 9.88 Å². The Kier molecular flexibility index (Phi) is 5.67. The van der Waals surface area contributed by atoms with E-state index in [1.165, 1.54) is 29.8 Å². The molecule has 1 amide bonds. The Labute approximate surface area is 161 Å². The Morgan fingerprint density at radius 1 is 1.26 bits per heavy atom. The number of benzene rings is 1. The second-order valence-electron chi connectivity index (χ2n) is 6.74. The third kappa shape index (κ3) is 4.23. The number of aromatic amines is 1. The first-order valence-corrected chi connectivity index (χ1v) is 9.40. The number of anilines is 1. The van der Waals surface area contributed by atoms with Gasteiger partial charge >= 0.3 is 0 Å². The van der Waals surface area contributed by atoms with Crippen molar-refractivity contribution >= 4 is 23.1 Å². The molecule has 0 radical (unpaired) electrons. The first-order valence-electron chi connectivity index (χ1n) is 8.59. The lowest BCUT2D eigenvalue weighted by molar-refractivity contribution is 0.0975. The summed E-state index contributed by atoms with van der Waals surface area (Å²) in [4.78, 5) is 29.4. The Morgan fingerprint density at radius 3 is 2.52 bits per heavy atom. The summed E-state index contributed by atoms with van der Waals surface area (Å²) in [6.07, 6.45) is 3.15. The van der Waals surface area contributed by atoms with Crippen molar-refractivity contribution in [1.29, 1.82) is 0 Å². The standard InChI is InChI=1S/C19H22FN5OS/c1-12(2)25(15-9-21-11-22-15)19(26)17-18(13-5-7-14(20)8-6-13)27-16(23-17)10-24(3)4/h5-9,11-12H,10H2,1-4H3,(H,21,22). The summed E-state index contributed by atoms with van der Waals surface area (Å²) in [6.45, 7) is 4.49. The number of rotatable bonds is 6. The molecular formula is C19H22FN5OS. The van der Waals surface area contributed by atoms with Crippen molar-refractivity contribution in [3.8, 4) is 10.4 Å². The number of aromatic nitrogens is 3. The fraction of sp³-hybridized carbons (Fsp3) is 0.316. The summed E-state index contributed by atoms with van der Waals surface area (Å²) in [7, 11) is 3.90. The highest BCUT2D eigenvalue weighted by atomic mass is 32.1. The SMILES string of the molecule is CC(C)N(C(=O)c1nc(CN(C)C)sc1-c1ccc(F)cc1)c1cnc[nH]1. The maximum absolute atomic E-state index is 13.4. The number of imidazole rings is 1. The zero-order valence-corrected chi connectivity index (χ0v) is 16.5. The van der Waals surface area contributed by atoms with E-state index in [-0.39, 0.29) is 17.8 Å². The average Bonchev–Trinajstić information content (AvgIpc) is 3.25. The van der Waals surface area contributed by atoms with Crippen LogP contribution in [0.2, 0.25) is 0 Å². The molecule has 3 aromatic rings. The molecule has 1 N–H and O–H groups in total. The van der Waals surface area contributed by atoms with E-state index in [1.54, 1.807) is 23.2 Å². The minimum Gasteiger partial charge on any atom is -0.331 e. The molecule has 8 heteroatoms. The van der Waals surface area contributed by atoms with Crippen molar-refractivity contribution in [3.05, 3.63) is 53.3 Å². The van der Waals surface area contributed by atoms with Gasteiger partial charge in [-0.3, -0.25) is 9.69 Å². The van der Waals surface area contributed by atoms with E-state index < -0.39 is 0 Å². The van der Waals surface area contributed by atoms with Crippen LogP contribution in [0.4, 0.5) is 10.2 Å². The highest BCUT2D eigenvalue weighted by molar-refractivity contribution is 7.15. The van der Waals surface area contributed by atoms with Crippen LogP contribution in [0.25, 0.3) is 10.4 Å². The van der Waals surface area contributed by atoms with Crippen LogP contribution in [0.5, 0.6) is 0 Å². The molecule has 0 unspecified atom stereocenters. The molecule has 3 rings (SSSR count). The molecule has 2 heterocycles. The van der Waals surface area contributed by atoms with Gasteiger partial charge in [-0.25, -0.2) is 14.4 Å². The molecule has 0 atom stereocenters. The van der Waals surface area contributed by atoms with Gasteiger partial charge in [0.15, 0.2) is 0 Å². The molecule has 6 nitrogen and oxygen atoms in total. The number of halogens is 1. The Balaban J connectivity index is 2.07. The number of carbonyl (C=O) groups is 1. The summed E-state index contributed by atoms with van der Waals surface area (Å²) in [5.41, 5.74) is 1.14. The number of nitrogens with zero attached hydrogens (tertiary/aromatic N) is 4. The van der Waals surface area contributed by atoms with E-state index in [9.17, 15) is 9.18 Å². The van der Waals surface area contributed by atoms with Crippen LogP contribution >= 0.6 is 11.3 Å². The van der Waals surface area contributed by atoms with E-state index in [1.807, 2.05) is 32.8 Å². The van der Waals surface area contributed by atoms with Gasteiger partial charge in [-0.15, -0.1) is 11.3 Å². The molecule has 142 valence electrons. The zero-order valence-electron chi connectivity index (χ0n) is 15.7. The van der Waals surface area contributed by atoms with Crippen LogP contribution in [0.3, 0.4) is 0 Å². The van der Waals surface area contributed by atoms with Crippen molar-refractivity contribution in [2.45, 2.75) is 26.4 Å². The number of thiazole rings is 1. The summed E-state index contributed by atoms with van der Waals surface area (Å²) in [6, 6.07) is 6.05. The first kappa shape index (κ1) is 19.2. The molecule has 0 saturated carbocycles. The Hall–Kier alpha value is -2.58. The summed E-state index contributed by atoms with van der Waals surface area (Å²) >= 11 is 1.45. The van der Waals surface area contributed by atoms with Gasteiger partial charge in [0.05, 0.1) is 17.4 Å². The number of amides is 1. The minimum absolute atomic E-state index is 0.0852. The van der Waals surface area contributed by atoms with Crippen molar-refractivity contribution in [2.24, 2.45) is 0 Å².